The van der Waals surface area contributed by atoms with Gasteiger partial charge in [0.05, 0.1) is 11.6 Å². The number of anilines is 2. The lowest BCUT2D eigenvalue weighted by Gasteiger charge is -2.29. The quantitative estimate of drug-likeness (QED) is 0.219. The van der Waals surface area contributed by atoms with Crippen molar-refractivity contribution in [3.05, 3.63) is 150 Å². The number of fused-ring (bicyclic) bond motifs is 7. The predicted octanol–water partition coefficient (Wildman–Crippen LogP) is 8.54. The van der Waals surface area contributed by atoms with E-state index >= 15 is 0 Å². The number of aromatic nitrogens is 1. The van der Waals surface area contributed by atoms with Crippen molar-refractivity contribution in [1.29, 1.82) is 0 Å². The maximum Gasteiger partial charge on any atom is 0.0629 e. The van der Waals surface area contributed by atoms with E-state index in [2.05, 4.69) is 155 Å². The van der Waals surface area contributed by atoms with Crippen molar-refractivity contribution in [2.45, 2.75) is 24.8 Å². The molecule has 2 aliphatic carbocycles. The highest BCUT2D eigenvalue weighted by Crippen LogP contribution is 2.50. The van der Waals surface area contributed by atoms with Gasteiger partial charge in [-0.1, -0.05) is 103 Å². The molecule has 2 unspecified atom stereocenters. The first-order chi connectivity index (χ1) is 20.8. The Labute approximate surface area is 245 Å². The minimum absolute atomic E-state index is 0.269. The van der Waals surface area contributed by atoms with Gasteiger partial charge in [0, 0.05) is 44.3 Å². The van der Waals surface area contributed by atoms with Crippen LogP contribution in [0.25, 0.3) is 50.6 Å². The zero-order valence-corrected chi connectivity index (χ0v) is 23.3. The van der Waals surface area contributed by atoms with Crippen molar-refractivity contribution < 1.29 is 0 Å². The lowest BCUT2D eigenvalue weighted by atomic mass is 9.89. The smallest absolute Gasteiger partial charge is 0.0629 e. The van der Waals surface area contributed by atoms with Crippen LogP contribution in [0, 0.1) is 0 Å². The summed E-state index contributed by atoms with van der Waals surface area (Å²) in [7, 11) is 0. The molecule has 3 aliphatic rings. The second kappa shape index (κ2) is 9.22. The topological polar surface area (TPSA) is 8.17 Å². The number of allylic oxidation sites excluding steroid dienone is 2. The molecular formula is C40H30N2. The largest absolute Gasteiger partial charge is 0.333 e. The van der Waals surface area contributed by atoms with E-state index in [4.69, 9.17) is 0 Å². The standard InChI is InChI=1S/C40H30N2/c1-2-13-30(14-3-1)41-37-18-8-6-16-32(37)34-25-28(21-23-39(34)41)29-22-24-40-35(26-29)33-17-7-9-19-38(33)42(40)36-20-10-12-27-11-4-5-15-31(27)36/h1-5,7,9-26,33,38H,6,8H2. The lowest BCUT2D eigenvalue weighted by molar-refractivity contribution is 0.746. The molecule has 200 valence electrons. The summed E-state index contributed by atoms with van der Waals surface area (Å²) in [5, 5.41) is 6.59. The van der Waals surface area contributed by atoms with Crippen LogP contribution >= 0.6 is 0 Å². The third-order valence-electron chi connectivity index (χ3n) is 9.32. The molecule has 2 nitrogen and oxygen atoms in total. The fraction of sp³-hybridized carbons (Fsp3) is 0.100. The predicted molar refractivity (Wildman–Crippen MR) is 177 cm³/mol. The van der Waals surface area contributed by atoms with Crippen LogP contribution in [0.1, 0.15) is 24.3 Å². The van der Waals surface area contributed by atoms with Gasteiger partial charge in [0.1, 0.15) is 0 Å². The zero-order chi connectivity index (χ0) is 27.6. The summed E-state index contributed by atoms with van der Waals surface area (Å²) >= 11 is 0. The molecule has 0 N–H and O–H groups in total. The number of para-hydroxylation sites is 1. The lowest BCUT2D eigenvalue weighted by Crippen LogP contribution is -2.30. The average Bonchev–Trinajstić information content (AvgIpc) is 3.57. The Morgan fingerprint density at radius 2 is 1.38 bits per heavy atom. The first-order valence-corrected chi connectivity index (χ1v) is 15.0. The summed E-state index contributed by atoms with van der Waals surface area (Å²) < 4.78 is 2.43. The van der Waals surface area contributed by atoms with Crippen molar-refractivity contribution in [2.24, 2.45) is 0 Å². The van der Waals surface area contributed by atoms with Crippen molar-refractivity contribution in [2.75, 3.05) is 4.90 Å². The molecule has 2 heteroatoms. The molecular weight excluding hydrogens is 508 g/mol. The van der Waals surface area contributed by atoms with Crippen LogP contribution in [0.3, 0.4) is 0 Å². The van der Waals surface area contributed by atoms with Crippen LogP contribution in [0.15, 0.2) is 133 Å². The van der Waals surface area contributed by atoms with Gasteiger partial charge in [-0.15, -0.1) is 0 Å². The summed E-state index contributed by atoms with van der Waals surface area (Å²) in [6.07, 6.45) is 16.2. The number of benzene rings is 5. The Morgan fingerprint density at radius 1 is 0.595 bits per heavy atom. The Kier molecular flexibility index (Phi) is 5.18. The van der Waals surface area contributed by atoms with Crippen LogP contribution in [-0.2, 0) is 0 Å². The molecule has 0 bridgehead atoms. The monoisotopic (exact) mass is 538 g/mol. The first-order valence-electron chi connectivity index (χ1n) is 15.0. The summed E-state index contributed by atoms with van der Waals surface area (Å²) in [6, 6.07) is 40.6. The van der Waals surface area contributed by atoms with Gasteiger partial charge in [-0.3, -0.25) is 0 Å². The van der Waals surface area contributed by atoms with E-state index in [-0.39, 0.29) is 6.04 Å². The van der Waals surface area contributed by atoms with E-state index in [1.165, 1.54) is 66.0 Å². The van der Waals surface area contributed by atoms with E-state index in [1.807, 2.05) is 0 Å². The van der Waals surface area contributed by atoms with Gasteiger partial charge in [-0.2, -0.15) is 0 Å². The number of rotatable bonds is 3. The van der Waals surface area contributed by atoms with Crippen LogP contribution in [-0.4, -0.2) is 10.6 Å². The second-order valence-electron chi connectivity index (χ2n) is 11.6. The van der Waals surface area contributed by atoms with Crippen molar-refractivity contribution >= 4 is 45.2 Å². The normalized spacial score (nSPS) is 18.4. The molecule has 6 aromatic rings. The number of hydrogen-bond donors (Lipinski definition) is 0. The molecule has 42 heavy (non-hydrogen) atoms. The Hall–Kier alpha value is -5.08. The van der Waals surface area contributed by atoms with Gasteiger partial charge in [0.25, 0.3) is 0 Å². The van der Waals surface area contributed by atoms with Crippen LogP contribution in [0.2, 0.25) is 0 Å². The van der Waals surface area contributed by atoms with Crippen molar-refractivity contribution in [3.8, 4) is 16.8 Å². The summed E-state index contributed by atoms with van der Waals surface area (Å²) in [5.41, 5.74) is 9.01. The van der Waals surface area contributed by atoms with E-state index in [0.29, 0.717) is 5.92 Å². The van der Waals surface area contributed by atoms with Crippen molar-refractivity contribution in [3.63, 3.8) is 0 Å². The maximum atomic E-state index is 2.55. The van der Waals surface area contributed by atoms with Crippen LogP contribution in [0.5, 0.6) is 0 Å². The Morgan fingerprint density at radius 3 is 2.33 bits per heavy atom. The third-order valence-corrected chi connectivity index (χ3v) is 9.32. The van der Waals surface area contributed by atoms with E-state index in [1.54, 1.807) is 0 Å². The molecule has 9 rings (SSSR count). The fourth-order valence-electron chi connectivity index (χ4n) is 7.45. The molecule has 0 spiro atoms. The number of nitrogens with zero attached hydrogens (tertiary/aromatic N) is 2. The molecule has 0 radical (unpaired) electrons. The minimum atomic E-state index is 0.269. The molecule has 1 aromatic heterocycles. The molecule has 0 saturated carbocycles. The van der Waals surface area contributed by atoms with Gasteiger partial charge in [-0.05, 0) is 77.4 Å². The second-order valence-corrected chi connectivity index (χ2v) is 11.6. The van der Waals surface area contributed by atoms with E-state index in [0.717, 1.165) is 12.8 Å². The van der Waals surface area contributed by atoms with Gasteiger partial charge >= 0.3 is 0 Å². The highest BCUT2D eigenvalue weighted by molar-refractivity contribution is 5.98. The Bertz CT molecular complexity index is 2210. The highest BCUT2D eigenvalue weighted by atomic mass is 15.2. The van der Waals surface area contributed by atoms with Crippen LogP contribution in [0.4, 0.5) is 11.4 Å². The first kappa shape index (κ1) is 23.6. The summed E-state index contributed by atoms with van der Waals surface area (Å²) in [5.74, 6) is 0.322. The third kappa shape index (κ3) is 3.45. The summed E-state index contributed by atoms with van der Waals surface area (Å²) in [4.78, 5) is 2.55. The maximum absolute atomic E-state index is 2.55. The molecule has 0 saturated heterocycles. The van der Waals surface area contributed by atoms with E-state index < -0.39 is 0 Å². The zero-order valence-electron chi connectivity index (χ0n) is 23.3. The molecule has 1 aliphatic heterocycles. The SMILES string of the molecule is C1=CC2c3cc(-c4ccc5c(c4)c4c(n5-c5ccccc5)=CCCC=4)ccc3N(c3cccc4ccccc34)C2C=C1. The average molecular weight is 539 g/mol. The molecule has 0 fully saturated rings. The number of hydrogen-bond acceptors (Lipinski definition) is 1. The van der Waals surface area contributed by atoms with Gasteiger partial charge in [0.2, 0.25) is 0 Å². The van der Waals surface area contributed by atoms with Crippen molar-refractivity contribution in [1.82, 2.24) is 4.57 Å². The molecule has 2 heterocycles. The molecule has 2 atom stereocenters. The minimum Gasteiger partial charge on any atom is -0.333 e. The van der Waals surface area contributed by atoms with Gasteiger partial charge in [0.15, 0.2) is 0 Å². The summed E-state index contributed by atoms with van der Waals surface area (Å²) in [6.45, 7) is 0. The van der Waals surface area contributed by atoms with Gasteiger partial charge < -0.3 is 9.47 Å². The fourth-order valence-corrected chi connectivity index (χ4v) is 7.45. The van der Waals surface area contributed by atoms with Crippen LogP contribution < -0.4 is 15.5 Å². The van der Waals surface area contributed by atoms with Gasteiger partial charge in [-0.25, -0.2) is 0 Å². The molecule has 0 amide bonds. The molecule has 5 aromatic carbocycles. The highest BCUT2D eigenvalue weighted by Gasteiger charge is 2.38. The Balaban J connectivity index is 1.21. The van der Waals surface area contributed by atoms with E-state index in [9.17, 15) is 0 Å².